The molecule has 2 unspecified atom stereocenters. The fourth-order valence-electron chi connectivity index (χ4n) is 1.65. The van der Waals surface area contributed by atoms with Gasteiger partial charge in [0.1, 0.15) is 19.6 Å². The van der Waals surface area contributed by atoms with Gasteiger partial charge in [0.2, 0.25) is 0 Å². The van der Waals surface area contributed by atoms with Crippen LogP contribution in [0.3, 0.4) is 0 Å². The highest BCUT2D eigenvalue weighted by molar-refractivity contribution is 6.11. The Balaban J connectivity index is 2.73. The summed E-state index contributed by atoms with van der Waals surface area (Å²) in [4.78, 5) is 0. The van der Waals surface area contributed by atoms with Crippen molar-refractivity contribution < 1.29 is 19.7 Å². The molecule has 1 aliphatic rings. The van der Waals surface area contributed by atoms with Crippen LogP contribution >= 0.6 is 0 Å². The van der Waals surface area contributed by atoms with Crippen molar-refractivity contribution in [2.45, 2.75) is 30.5 Å². The number of hydrogen-bond donors (Lipinski definition) is 2. The maximum absolute atomic E-state index is 9.86. The molecular weight excluding hydrogens is 171 g/mol. The molecule has 0 aromatic rings. The smallest absolute Gasteiger partial charge is 0.142 e. The SMILES string of the molecule is B[C@H](C)C1OC[C@](CO)(OC)C1O. The van der Waals surface area contributed by atoms with Gasteiger partial charge in [-0.1, -0.05) is 6.92 Å². The lowest BCUT2D eigenvalue weighted by Crippen LogP contribution is -2.49. The molecule has 0 radical (unpaired) electrons. The van der Waals surface area contributed by atoms with Crippen LogP contribution in [0.2, 0.25) is 5.82 Å². The number of rotatable bonds is 3. The van der Waals surface area contributed by atoms with Crippen molar-refractivity contribution in [1.82, 2.24) is 0 Å². The van der Waals surface area contributed by atoms with Gasteiger partial charge in [0, 0.05) is 7.11 Å². The molecule has 4 nitrogen and oxygen atoms in total. The summed E-state index contributed by atoms with van der Waals surface area (Å²) in [6.07, 6.45) is -0.991. The standard InChI is InChI=1S/C8H17BO4/c1-5(9)6-7(11)8(3-10,12-2)4-13-6/h5-7,10-11H,3-4,9H2,1-2H3/t5-,6?,7?,8+/m1/s1. The van der Waals surface area contributed by atoms with Crippen LogP contribution < -0.4 is 0 Å². The summed E-state index contributed by atoms with van der Waals surface area (Å²) in [5, 5.41) is 19.0. The van der Waals surface area contributed by atoms with E-state index in [0.717, 1.165) is 0 Å². The van der Waals surface area contributed by atoms with Crippen LogP contribution in [0, 0.1) is 0 Å². The Morgan fingerprint density at radius 2 is 2.38 bits per heavy atom. The predicted molar refractivity (Wildman–Crippen MR) is 50.5 cm³/mol. The lowest BCUT2D eigenvalue weighted by molar-refractivity contribution is -0.108. The molecule has 1 aliphatic heterocycles. The number of ether oxygens (including phenoxy) is 2. The van der Waals surface area contributed by atoms with Crippen molar-refractivity contribution in [3.63, 3.8) is 0 Å². The van der Waals surface area contributed by atoms with Gasteiger partial charge in [0.15, 0.2) is 0 Å². The lowest BCUT2D eigenvalue weighted by Gasteiger charge is -2.29. The van der Waals surface area contributed by atoms with E-state index in [1.165, 1.54) is 7.11 Å². The molecule has 1 fully saturated rings. The second kappa shape index (κ2) is 3.96. The van der Waals surface area contributed by atoms with E-state index in [1.807, 2.05) is 14.8 Å². The van der Waals surface area contributed by atoms with Crippen molar-refractivity contribution in [3.8, 4) is 0 Å². The number of hydrogen-bond acceptors (Lipinski definition) is 4. The molecule has 1 heterocycles. The normalized spacial score (nSPS) is 42.2. The summed E-state index contributed by atoms with van der Waals surface area (Å²) in [7, 11) is 3.45. The van der Waals surface area contributed by atoms with E-state index >= 15 is 0 Å². The van der Waals surface area contributed by atoms with E-state index in [0.29, 0.717) is 0 Å². The largest absolute Gasteiger partial charge is 0.393 e. The molecule has 1 saturated heterocycles. The van der Waals surface area contributed by atoms with E-state index in [4.69, 9.17) is 14.6 Å². The first-order valence-corrected chi connectivity index (χ1v) is 4.53. The quantitative estimate of drug-likeness (QED) is 0.533. The van der Waals surface area contributed by atoms with E-state index in [9.17, 15) is 5.11 Å². The second-order valence-electron chi connectivity index (χ2n) is 3.89. The van der Waals surface area contributed by atoms with E-state index in [2.05, 4.69) is 0 Å². The number of aliphatic hydroxyl groups excluding tert-OH is 2. The molecule has 0 bridgehead atoms. The summed E-state index contributed by atoms with van der Waals surface area (Å²) < 4.78 is 10.5. The van der Waals surface area contributed by atoms with Gasteiger partial charge < -0.3 is 19.7 Å². The molecule has 5 heteroatoms. The summed E-state index contributed by atoms with van der Waals surface area (Å²) in [6, 6.07) is 0. The summed E-state index contributed by atoms with van der Waals surface area (Å²) in [6.45, 7) is 2.01. The Labute approximate surface area is 79.3 Å². The van der Waals surface area contributed by atoms with Crippen molar-refractivity contribution in [2.75, 3.05) is 20.3 Å². The fraction of sp³-hybridized carbons (Fsp3) is 1.00. The van der Waals surface area contributed by atoms with Gasteiger partial charge in [0.05, 0.1) is 19.3 Å². The van der Waals surface area contributed by atoms with Crippen molar-refractivity contribution in [2.24, 2.45) is 0 Å². The van der Waals surface area contributed by atoms with E-state index in [1.54, 1.807) is 0 Å². The van der Waals surface area contributed by atoms with Gasteiger partial charge in [-0.25, -0.2) is 0 Å². The monoisotopic (exact) mass is 188 g/mol. The summed E-state index contributed by atoms with van der Waals surface area (Å²) >= 11 is 0. The van der Waals surface area contributed by atoms with Gasteiger partial charge in [-0.3, -0.25) is 0 Å². The van der Waals surface area contributed by atoms with Crippen molar-refractivity contribution in [1.29, 1.82) is 0 Å². The molecule has 0 spiro atoms. The first-order valence-electron chi connectivity index (χ1n) is 4.53. The molecule has 0 saturated carbocycles. The summed E-state index contributed by atoms with van der Waals surface area (Å²) in [5.74, 6) is 0.221. The Kier molecular flexibility index (Phi) is 3.35. The maximum atomic E-state index is 9.86. The second-order valence-corrected chi connectivity index (χ2v) is 3.89. The highest BCUT2D eigenvalue weighted by Crippen LogP contribution is 2.32. The molecular formula is C8H17BO4. The first-order chi connectivity index (χ1) is 6.07. The van der Waals surface area contributed by atoms with Crippen LogP contribution in [-0.4, -0.2) is 56.2 Å². The van der Waals surface area contributed by atoms with E-state index < -0.39 is 11.7 Å². The lowest BCUT2D eigenvalue weighted by atomic mass is 9.79. The topological polar surface area (TPSA) is 58.9 Å². The predicted octanol–water partition coefficient (Wildman–Crippen LogP) is -1.43. The van der Waals surface area contributed by atoms with Crippen LogP contribution in [0.1, 0.15) is 6.92 Å². The highest BCUT2D eigenvalue weighted by atomic mass is 16.6. The average molecular weight is 188 g/mol. The van der Waals surface area contributed by atoms with Crippen LogP contribution in [0.25, 0.3) is 0 Å². The third-order valence-electron chi connectivity index (χ3n) is 2.70. The summed E-state index contributed by atoms with van der Waals surface area (Å²) in [5.41, 5.74) is -0.922. The number of methoxy groups -OCH3 is 1. The molecule has 0 aromatic heterocycles. The molecule has 0 aliphatic carbocycles. The van der Waals surface area contributed by atoms with Crippen LogP contribution in [0.4, 0.5) is 0 Å². The zero-order valence-electron chi connectivity index (χ0n) is 8.36. The van der Waals surface area contributed by atoms with Crippen molar-refractivity contribution >= 4 is 7.85 Å². The van der Waals surface area contributed by atoms with Crippen LogP contribution in [0.5, 0.6) is 0 Å². The fourth-order valence-corrected chi connectivity index (χ4v) is 1.65. The molecule has 0 aromatic carbocycles. The third kappa shape index (κ3) is 1.74. The van der Waals surface area contributed by atoms with Gasteiger partial charge in [-0.05, 0) is 5.82 Å². The minimum Gasteiger partial charge on any atom is -0.393 e. The van der Waals surface area contributed by atoms with Crippen molar-refractivity contribution in [3.05, 3.63) is 0 Å². The van der Waals surface area contributed by atoms with Gasteiger partial charge in [-0.15, -0.1) is 0 Å². The molecule has 1 rings (SSSR count). The molecule has 13 heavy (non-hydrogen) atoms. The first kappa shape index (κ1) is 11.0. The zero-order chi connectivity index (χ0) is 10.1. The third-order valence-corrected chi connectivity index (χ3v) is 2.70. The van der Waals surface area contributed by atoms with Gasteiger partial charge in [-0.2, -0.15) is 0 Å². The Hall–Kier alpha value is -0.0951. The maximum Gasteiger partial charge on any atom is 0.142 e. The van der Waals surface area contributed by atoms with Crippen LogP contribution in [0.15, 0.2) is 0 Å². The Morgan fingerprint density at radius 1 is 1.77 bits per heavy atom. The van der Waals surface area contributed by atoms with Crippen LogP contribution in [-0.2, 0) is 9.47 Å². The Morgan fingerprint density at radius 3 is 2.62 bits per heavy atom. The Bertz CT molecular complexity index is 170. The zero-order valence-corrected chi connectivity index (χ0v) is 8.36. The molecule has 4 atom stereocenters. The minimum absolute atomic E-state index is 0.214. The average Bonchev–Trinajstić information content (AvgIpc) is 2.43. The highest BCUT2D eigenvalue weighted by Gasteiger charge is 2.50. The minimum atomic E-state index is -0.922. The number of aliphatic hydroxyl groups is 2. The molecule has 2 N–H and O–H groups in total. The van der Waals surface area contributed by atoms with E-state index in [-0.39, 0.29) is 25.1 Å². The van der Waals surface area contributed by atoms with Gasteiger partial charge >= 0.3 is 0 Å². The molecule has 76 valence electrons. The van der Waals surface area contributed by atoms with Gasteiger partial charge in [0.25, 0.3) is 0 Å². The molecule has 0 amide bonds.